The highest BCUT2D eigenvalue weighted by atomic mass is 127. The molecule has 16 heteroatoms. The Labute approximate surface area is 495 Å². The molecule has 0 saturated heterocycles. The van der Waals surface area contributed by atoms with Crippen molar-refractivity contribution in [1.29, 1.82) is 0 Å². The standard InChI is InChI=1S/C31H22N2O3S.C25H17IN2O3S.C6H7BO2.3CH4/c1-4-12-23(13-5-1)29-22-33(35-36-37-26-16-8-3-9-17-26)31-28(29)20-24(21-32-31)27-18-10-11-19-30(27)34-25-14-6-2-7-15-25;26-23-17-28(30-31-32-20-11-5-2-6-12-20)25-22(23)15-18(16-27-25)21-13-7-8-14-24(21)29-19-9-3-1-4-10-19;8-7(9)6-4-2-1-3-5-6;;;/h1-22H;1-17H;1-5,8-9H;3*1H4. The highest BCUT2D eigenvalue weighted by Gasteiger charge is 2.18. The lowest BCUT2D eigenvalue weighted by molar-refractivity contribution is -0.188. The molecule has 8 aromatic carbocycles. The van der Waals surface area contributed by atoms with Crippen molar-refractivity contribution < 1.29 is 38.2 Å². The van der Waals surface area contributed by atoms with E-state index in [1.807, 2.05) is 219 Å². The first-order valence-corrected chi connectivity index (χ1v) is 26.9. The molecule has 0 saturated carbocycles. The Kier molecular flexibility index (Phi) is 22.6. The van der Waals surface area contributed by atoms with Gasteiger partial charge >= 0.3 is 7.12 Å². The fourth-order valence-corrected chi connectivity index (χ4v) is 9.48. The van der Waals surface area contributed by atoms with Gasteiger partial charge in [-0.15, -0.1) is 9.46 Å². The second-order valence-corrected chi connectivity index (χ2v) is 19.6. The van der Waals surface area contributed by atoms with Gasteiger partial charge in [-0.3, -0.25) is 0 Å². The molecule has 0 fully saturated rings. The van der Waals surface area contributed by atoms with Crippen LogP contribution in [0.15, 0.2) is 277 Å². The van der Waals surface area contributed by atoms with Gasteiger partial charge in [0.2, 0.25) is 0 Å². The zero-order valence-corrected chi connectivity index (χ0v) is 45.1. The lowest BCUT2D eigenvalue weighted by Crippen LogP contribution is -2.29. The smallest absolute Gasteiger partial charge is 0.457 e. The average molecular weight is 1230 g/mol. The normalized spacial score (nSPS) is 10.3. The van der Waals surface area contributed by atoms with Crippen LogP contribution in [0.4, 0.5) is 0 Å². The Morgan fingerprint density at radius 3 is 1.25 bits per heavy atom. The van der Waals surface area contributed by atoms with Gasteiger partial charge in [0.1, 0.15) is 23.0 Å². The third-order valence-electron chi connectivity index (χ3n) is 11.7. The fraction of sp³-hybridized carbons (Fsp3) is 0.0462. The van der Waals surface area contributed by atoms with Crippen molar-refractivity contribution in [3.05, 3.63) is 271 Å². The number of aromatic nitrogens is 4. The average Bonchev–Trinajstić information content (AvgIpc) is 4.20. The van der Waals surface area contributed by atoms with Crippen molar-refractivity contribution in [1.82, 2.24) is 19.4 Å². The minimum Gasteiger partial charge on any atom is -0.457 e. The molecule has 408 valence electrons. The number of rotatable bonds is 16. The molecule has 0 amide bonds. The molecule has 12 nitrogen and oxygen atoms in total. The van der Waals surface area contributed by atoms with Gasteiger partial charge in [-0.05, 0) is 106 Å². The molecule has 12 rings (SSSR count). The Bertz CT molecular complexity index is 3820. The fourth-order valence-electron chi connectivity index (χ4n) is 7.95. The predicted molar refractivity (Wildman–Crippen MR) is 338 cm³/mol. The Morgan fingerprint density at radius 2 is 0.790 bits per heavy atom. The van der Waals surface area contributed by atoms with Crippen molar-refractivity contribution >= 4 is 81.3 Å². The van der Waals surface area contributed by atoms with Crippen molar-refractivity contribution in [2.45, 2.75) is 32.1 Å². The molecule has 81 heavy (non-hydrogen) atoms. The van der Waals surface area contributed by atoms with Crippen molar-refractivity contribution in [2.75, 3.05) is 0 Å². The maximum absolute atomic E-state index is 8.58. The molecular weight excluding hydrogens is 1170 g/mol. The van der Waals surface area contributed by atoms with E-state index in [9.17, 15) is 0 Å². The molecule has 2 N–H and O–H groups in total. The summed E-state index contributed by atoms with van der Waals surface area (Å²) in [4.78, 5) is 22.4. The summed E-state index contributed by atoms with van der Waals surface area (Å²) in [7, 11) is -1.34. The minimum absolute atomic E-state index is 0. The first-order valence-electron chi connectivity index (χ1n) is 24.4. The number of pyridine rings is 2. The summed E-state index contributed by atoms with van der Waals surface area (Å²) in [5.41, 5.74) is 7.70. The van der Waals surface area contributed by atoms with Crippen LogP contribution in [0, 0.1) is 3.57 Å². The SMILES string of the molecule is C.C.C.Ic1cn(OOSc2ccccc2)c2ncc(-c3ccccc3Oc3ccccc3)cc12.OB(O)c1ccccc1.c1ccc(Oc2ccccc2-c2cnc3c(c2)c(-c2ccccc2)cn3OOSc2ccccc2)cc1. The largest absolute Gasteiger partial charge is 0.488 e. The molecule has 4 aromatic heterocycles. The van der Waals surface area contributed by atoms with Gasteiger partial charge in [0, 0.05) is 64.3 Å². The number of para-hydroxylation sites is 4. The molecule has 4 heterocycles. The zero-order chi connectivity index (χ0) is 53.3. The van der Waals surface area contributed by atoms with E-state index in [0.29, 0.717) is 16.8 Å². The number of hydrogen-bond acceptors (Lipinski definition) is 12. The number of hydrogen-bond donors (Lipinski definition) is 2. The van der Waals surface area contributed by atoms with Crippen LogP contribution < -0.4 is 24.9 Å². The maximum Gasteiger partial charge on any atom is 0.488 e. The monoisotopic (exact) mass is 1220 g/mol. The van der Waals surface area contributed by atoms with Gasteiger partial charge < -0.3 is 19.5 Å². The Hall–Kier alpha value is -8.33. The van der Waals surface area contributed by atoms with E-state index in [-0.39, 0.29) is 22.3 Å². The molecule has 0 atom stereocenters. The molecule has 0 aliphatic rings. The van der Waals surface area contributed by atoms with Crippen molar-refractivity contribution in [2.24, 2.45) is 0 Å². The van der Waals surface area contributed by atoms with E-state index in [1.165, 1.54) is 4.73 Å². The van der Waals surface area contributed by atoms with Crippen LogP contribution in [-0.4, -0.2) is 36.6 Å². The van der Waals surface area contributed by atoms with E-state index < -0.39 is 7.12 Å². The molecular formula is C65H58BIN4O8S2. The zero-order valence-electron chi connectivity index (χ0n) is 41.3. The molecule has 12 aromatic rings. The molecule has 0 radical (unpaired) electrons. The second kappa shape index (κ2) is 30.3. The quantitative estimate of drug-likeness (QED) is 0.0314. The van der Waals surface area contributed by atoms with E-state index in [1.54, 1.807) is 29.0 Å². The first-order chi connectivity index (χ1) is 38.4. The minimum atomic E-state index is -1.34. The number of nitrogens with zero attached hydrogens (tertiary/aromatic N) is 4. The van der Waals surface area contributed by atoms with Crippen molar-refractivity contribution in [3.63, 3.8) is 0 Å². The predicted octanol–water partition coefficient (Wildman–Crippen LogP) is 16.7. The molecule has 0 unspecified atom stereocenters. The maximum atomic E-state index is 8.58. The van der Waals surface area contributed by atoms with Crippen LogP contribution in [0.25, 0.3) is 55.4 Å². The summed E-state index contributed by atoms with van der Waals surface area (Å²) < 4.78 is 27.3. The topological polar surface area (TPSA) is 131 Å². The lowest BCUT2D eigenvalue weighted by Gasteiger charge is -2.11. The first kappa shape index (κ1) is 60.3. The van der Waals surface area contributed by atoms with Crippen LogP contribution >= 0.6 is 46.7 Å². The summed E-state index contributed by atoms with van der Waals surface area (Å²) in [5, 5.41) is 19.1. The van der Waals surface area contributed by atoms with E-state index in [0.717, 1.165) is 105 Å². The summed E-state index contributed by atoms with van der Waals surface area (Å²) in [5.74, 6) is 3.10. The summed E-state index contributed by atoms with van der Waals surface area (Å²) in [6.45, 7) is 0. The molecule has 0 aliphatic heterocycles. The van der Waals surface area contributed by atoms with Crippen LogP contribution in [0.2, 0.25) is 0 Å². The number of fused-ring (bicyclic) bond motifs is 2. The Morgan fingerprint density at radius 1 is 0.407 bits per heavy atom. The van der Waals surface area contributed by atoms with Crippen LogP contribution in [-0.2, 0) is 8.67 Å². The van der Waals surface area contributed by atoms with E-state index in [4.69, 9.17) is 43.1 Å². The van der Waals surface area contributed by atoms with Gasteiger partial charge in [0.25, 0.3) is 0 Å². The molecule has 0 spiro atoms. The van der Waals surface area contributed by atoms with E-state index >= 15 is 0 Å². The Balaban J connectivity index is 0.000000197. The second-order valence-electron chi connectivity index (χ2n) is 16.9. The van der Waals surface area contributed by atoms with Crippen LogP contribution in [0.1, 0.15) is 22.3 Å². The van der Waals surface area contributed by atoms with Gasteiger partial charge in [-0.2, -0.15) is 0 Å². The number of benzene rings is 8. The van der Waals surface area contributed by atoms with E-state index in [2.05, 4.69) is 51.8 Å². The van der Waals surface area contributed by atoms with Gasteiger partial charge in [-0.25, -0.2) is 19.9 Å². The molecule has 0 aliphatic carbocycles. The van der Waals surface area contributed by atoms with Gasteiger partial charge in [0.05, 0.1) is 36.5 Å². The lowest BCUT2D eigenvalue weighted by atomic mass is 9.81. The third kappa shape index (κ3) is 16.0. The number of ether oxygens (including phenoxy) is 2. The van der Waals surface area contributed by atoms with Gasteiger partial charge in [-0.1, -0.05) is 201 Å². The van der Waals surface area contributed by atoms with Gasteiger partial charge in [0.15, 0.2) is 11.3 Å². The summed E-state index contributed by atoms with van der Waals surface area (Å²) >= 11 is 4.56. The highest BCUT2D eigenvalue weighted by molar-refractivity contribution is 14.1. The summed E-state index contributed by atoms with van der Waals surface area (Å²) in [6, 6.07) is 78.0. The number of halogens is 1. The molecule has 0 bridgehead atoms. The summed E-state index contributed by atoms with van der Waals surface area (Å²) in [6.07, 6.45) is 7.39. The third-order valence-corrected chi connectivity index (χ3v) is 13.7. The van der Waals surface area contributed by atoms with Crippen molar-refractivity contribution in [3.8, 4) is 56.4 Å². The highest BCUT2D eigenvalue weighted by Crippen LogP contribution is 2.38. The van der Waals surface area contributed by atoms with Crippen LogP contribution in [0.5, 0.6) is 23.0 Å². The van der Waals surface area contributed by atoms with Crippen LogP contribution in [0.3, 0.4) is 0 Å².